The van der Waals surface area contributed by atoms with Crippen molar-refractivity contribution in [1.82, 2.24) is 15.5 Å². The van der Waals surface area contributed by atoms with Crippen LogP contribution in [0.15, 0.2) is 28.8 Å². The smallest absolute Gasteiger partial charge is 0.312 e. The summed E-state index contributed by atoms with van der Waals surface area (Å²) >= 11 is 5.86. The molecule has 0 aliphatic rings. The van der Waals surface area contributed by atoms with Crippen molar-refractivity contribution in [2.75, 3.05) is 13.7 Å². The Morgan fingerprint density at radius 2 is 2.04 bits per heavy atom. The maximum Gasteiger partial charge on any atom is 0.312 e. The Kier molecular flexibility index (Phi) is 5.38. The molecule has 6 nitrogen and oxygen atoms in total. The van der Waals surface area contributed by atoms with Crippen LogP contribution in [0.2, 0.25) is 5.02 Å². The summed E-state index contributed by atoms with van der Waals surface area (Å²) in [6, 6.07) is 7.01. The van der Waals surface area contributed by atoms with Gasteiger partial charge in [0, 0.05) is 17.1 Å². The molecule has 0 spiro atoms. The number of hydrogen-bond donors (Lipinski definition) is 1. The zero-order valence-corrected chi connectivity index (χ0v) is 14.3. The predicted octanol–water partition coefficient (Wildman–Crippen LogP) is 3.24. The fraction of sp³-hybridized carbons (Fsp3) is 0.438. The largest absolute Gasteiger partial charge is 0.469 e. The lowest BCUT2D eigenvalue weighted by molar-refractivity contribution is -0.150. The minimum absolute atomic E-state index is 0.188. The van der Waals surface area contributed by atoms with Crippen molar-refractivity contribution >= 4 is 17.6 Å². The first-order chi connectivity index (χ1) is 10.8. The summed E-state index contributed by atoms with van der Waals surface area (Å²) in [7, 11) is 1.38. The van der Waals surface area contributed by atoms with Crippen LogP contribution in [-0.2, 0) is 9.53 Å². The van der Waals surface area contributed by atoms with E-state index in [1.165, 1.54) is 7.11 Å². The van der Waals surface area contributed by atoms with Gasteiger partial charge in [-0.15, -0.1) is 0 Å². The third-order valence-corrected chi connectivity index (χ3v) is 3.75. The van der Waals surface area contributed by atoms with Crippen LogP contribution in [0, 0.1) is 5.41 Å². The first-order valence-electron chi connectivity index (χ1n) is 7.25. The highest BCUT2D eigenvalue weighted by Crippen LogP contribution is 2.22. The summed E-state index contributed by atoms with van der Waals surface area (Å²) in [4.78, 5) is 16.1. The summed E-state index contributed by atoms with van der Waals surface area (Å²) in [6.45, 7) is 5.95. The highest BCUT2D eigenvalue weighted by molar-refractivity contribution is 6.30. The zero-order valence-electron chi connectivity index (χ0n) is 13.6. The Bertz CT molecular complexity index is 667. The Morgan fingerprint density at radius 3 is 2.65 bits per heavy atom. The van der Waals surface area contributed by atoms with E-state index in [1.54, 1.807) is 12.1 Å². The lowest BCUT2D eigenvalue weighted by Gasteiger charge is -2.23. The molecule has 2 aromatic rings. The number of halogens is 1. The van der Waals surface area contributed by atoms with E-state index in [0.717, 1.165) is 5.56 Å². The van der Waals surface area contributed by atoms with Crippen LogP contribution in [0.4, 0.5) is 0 Å². The minimum Gasteiger partial charge on any atom is -0.469 e. The number of carbonyl (C=O) groups excluding carboxylic acids is 1. The Labute approximate surface area is 140 Å². The van der Waals surface area contributed by atoms with Gasteiger partial charge in [0.05, 0.1) is 18.6 Å². The van der Waals surface area contributed by atoms with Crippen LogP contribution in [0.3, 0.4) is 0 Å². The number of methoxy groups -OCH3 is 1. The molecule has 124 valence electrons. The third-order valence-electron chi connectivity index (χ3n) is 3.50. The van der Waals surface area contributed by atoms with Crippen LogP contribution in [0.1, 0.15) is 32.7 Å². The summed E-state index contributed by atoms with van der Waals surface area (Å²) in [5, 5.41) is 7.83. The maximum absolute atomic E-state index is 11.7. The number of nitrogens with one attached hydrogen (secondary N) is 1. The summed E-state index contributed by atoms with van der Waals surface area (Å²) in [5.41, 5.74) is 0.189. The normalized spacial score (nSPS) is 12.9. The second kappa shape index (κ2) is 7.10. The second-order valence-corrected chi connectivity index (χ2v) is 6.38. The fourth-order valence-corrected chi connectivity index (χ4v) is 2.10. The highest BCUT2D eigenvalue weighted by Gasteiger charge is 2.29. The van der Waals surface area contributed by atoms with Gasteiger partial charge in [-0.1, -0.05) is 16.8 Å². The molecule has 1 heterocycles. The number of nitrogens with zero attached hydrogens (tertiary/aromatic N) is 2. The van der Waals surface area contributed by atoms with E-state index in [2.05, 4.69) is 15.5 Å². The molecule has 0 radical (unpaired) electrons. The van der Waals surface area contributed by atoms with Gasteiger partial charge in [-0.05, 0) is 45.0 Å². The van der Waals surface area contributed by atoms with Crippen LogP contribution < -0.4 is 5.32 Å². The average Bonchev–Trinajstić information content (AvgIpc) is 3.02. The Hall–Kier alpha value is -1.92. The summed E-state index contributed by atoms with van der Waals surface area (Å²) in [6.07, 6.45) is 0. The summed E-state index contributed by atoms with van der Waals surface area (Å²) < 4.78 is 10.1. The Balaban J connectivity index is 2.02. The number of aromatic nitrogens is 2. The van der Waals surface area contributed by atoms with Gasteiger partial charge in [0.2, 0.25) is 11.7 Å². The van der Waals surface area contributed by atoms with Gasteiger partial charge in [0.1, 0.15) is 0 Å². The minimum atomic E-state index is -0.637. The van der Waals surface area contributed by atoms with Crippen LogP contribution in [-0.4, -0.2) is 29.8 Å². The molecule has 1 aromatic heterocycles. The van der Waals surface area contributed by atoms with E-state index in [0.29, 0.717) is 23.3 Å². The number of benzene rings is 1. The molecule has 23 heavy (non-hydrogen) atoms. The molecule has 0 saturated carbocycles. The van der Waals surface area contributed by atoms with Crippen molar-refractivity contribution in [3.63, 3.8) is 0 Å². The van der Waals surface area contributed by atoms with Crippen molar-refractivity contribution in [2.45, 2.75) is 26.8 Å². The number of hydrogen-bond acceptors (Lipinski definition) is 6. The van der Waals surface area contributed by atoms with Crippen molar-refractivity contribution in [3.8, 4) is 11.4 Å². The van der Waals surface area contributed by atoms with Crippen LogP contribution in [0.25, 0.3) is 11.4 Å². The van der Waals surface area contributed by atoms with Gasteiger partial charge in [0.25, 0.3) is 0 Å². The van der Waals surface area contributed by atoms with Gasteiger partial charge in [0.15, 0.2) is 0 Å². The van der Waals surface area contributed by atoms with E-state index in [-0.39, 0.29) is 12.0 Å². The maximum atomic E-state index is 11.7. The van der Waals surface area contributed by atoms with E-state index < -0.39 is 5.41 Å². The van der Waals surface area contributed by atoms with Gasteiger partial charge in [-0.3, -0.25) is 4.79 Å². The first-order valence-corrected chi connectivity index (χ1v) is 7.62. The molecule has 2 rings (SSSR count). The topological polar surface area (TPSA) is 77.2 Å². The van der Waals surface area contributed by atoms with Gasteiger partial charge in [-0.25, -0.2) is 0 Å². The first kappa shape index (κ1) is 17.4. The average molecular weight is 338 g/mol. The van der Waals surface area contributed by atoms with E-state index in [4.69, 9.17) is 20.9 Å². The molecule has 0 aliphatic heterocycles. The van der Waals surface area contributed by atoms with E-state index in [9.17, 15) is 4.79 Å². The molecule has 0 bridgehead atoms. The van der Waals surface area contributed by atoms with Gasteiger partial charge < -0.3 is 14.6 Å². The standard InChI is InChI=1S/C16H20ClN3O3/c1-10(18-9-16(2,3)15(21)22-4)14-19-13(20-23-14)11-5-7-12(17)8-6-11/h5-8,10,18H,9H2,1-4H3/t10-/m1/s1. The molecule has 0 amide bonds. The lowest BCUT2D eigenvalue weighted by atomic mass is 9.93. The molecule has 0 saturated heterocycles. The number of esters is 1. The number of ether oxygens (including phenoxy) is 1. The zero-order chi connectivity index (χ0) is 17.0. The molecule has 0 unspecified atom stereocenters. The molecule has 1 aromatic carbocycles. The third kappa shape index (κ3) is 4.30. The van der Waals surface area contributed by atoms with Gasteiger partial charge >= 0.3 is 5.97 Å². The lowest BCUT2D eigenvalue weighted by Crippen LogP contribution is -2.38. The van der Waals surface area contributed by atoms with Crippen LogP contribution >= 0.6 is 11.6 Å². The molecular formula is C16H20ClN3O3. The summed E-state index contributed by atoms with van der Waals surface area (Å²) in [5.74, 6) is 0.678. The van der Waals surface area contributed by atoms with Crippen molar-refractivity contribution < 1.29 is 14.1 Å². The molecule has 7 heteroatoms. The number of carbonyl (C=O) groups is 1. The van der Waals surface area contributed by atoms with Gasteiger partial charge in [-0.2, -0.15) is 4.98 Å². The van der Waals surface area contributed by atoms with Crippen molar-refractivity contribution in [3.05, 3.63) is 35.2 Å². The quantitative estimate of drug-likeness (QED) is 0.815. The van der Waals surface area contributed by atoms with E-state index >= 15 is 0 Å². The van der Waals surface area contributed by atoms with E-state index in [1.807, 2.05) is 32.9 Å². The predicted molar refractivity (Wildman–Crippen MR) is 87.0 cm³/mol. The molecule has 1 atom stereocenters. The molecule has 0 aliphatic carbocycles. The number of rotatable bonds is 6. The fourth-order valence-electron chi connectivity index (χ4n) is 1.97. The highest BCUT2D eigenvalue weighted by atomic mass is 35.5. The SMILES string of the molecule is COC(=O)C(C)(C)CN[C@H](C)c1nc(-c2ccc(Cl)cc2)no1. The van der Waals surface area contributed by atoms with Crippen LogP contribution in [0.5, 0.6) is 0 Å². The molecule has 1 N–H and O–H groups in total. The molecule has 0 fully saturated rings. The monoisotopic (exact) mass is 337 g/mol. The van der Waals surface area contributed by atoms with Crippen molar-refractivity contribution in [1.29, 1.82) is 0 Å². The van der Waals surface area contributed by atoms with Crippen molar-refractivity contribution in [2.24, 2.45) is 5.41 Å². The molecular weight excluding hydrogens is 318 g/mol. The Morgan fingerprint density at radius 1 is 1.39 bits per heavy atom. The second-order valence-electron chi connectivity index (χ2n) is 5.94.